The average Bonchev–Trinajstić information content (AvgIpc) is 2.96. The topological polar surface area (TPSA) is 55.4 Å². The van der Waals surface area contributed by atoms with Crippen LogP contribution in [0.3, 0.4) is 0 Å². The van der Waals surface area contributed by atoms with Gasteiger partial charge in [-0.05, 0) is 27.7 Å². The lowest BCUT2D eigenvalue weighted by Gasteiger charge is -2.28. The van der Waals surface area contributed by atoms with Crippen molar-refractivity contribution in [3.63, 3.8) is 0 Å². The van der Waals surface area contributed by atoms with Gasteiger partial charge in [0.1, 0.15) is 24.4 Å². The lowest BCUT2D eigenvalue weighted by Crippen LogP contribution is -2.44. The van der Waals surface area contributed by atoms with Gasteiger partial charge in [-0.25, -0.2) is 0 Å². The van der Waals surface area contributed by atoms with Crippen LogP contribution >= 0.6 is 0 Å². The minimum absolute atomic E-state index is 0.198. The maximum absolute atomic E-state index is 6.00. The smallest absolute Gasteiger partial charge is 0.190 e. The van der Waals surface area contributed by atoms with Gasteiger partial charge in [0, 0.05) is 0 Å². The SMILES string of the molecule is C=CCO[C@H]1[C@@H]2OC(C)(C)O[C@@H]2O[C@H]1C1COC(C)(C)O1. The van der Waals surface area contributed by atoms with Gasteiger partial charge in [-0.2, -0.15) is 0 Å². The van der Waals surface area contributed by atoms with Gasteiger partial charge in [0.25, 0.3) is 0 Å². The van der Waals surface area contributed by atoms with Crippen molar-refractivity contribution in [2.45, 2.75) is 70.0 Å². The summed E-state index contributed by atoms with van der Waals surface area (Å²) in [6.07, 6.45) is 0.261. The van der Waals surface area contributed by atoms with Gasteiger partial charge in [0.05, 0.1) is 13.2 Å². The predicted octanol–water partition coefficient (Wildman–Crippen LogP) is 1.59. The minimum atomic E-state index is -0.664. The molecular weight excluding hydrogens is 276 g/mol. The van der Waals surface area contributed by atoms with E-state index in [1.807, 2.05) is 27.7 Å². The Hall–Kier alpha value is -0.500. The van der Waals surface area contributed by atoms with Crippen LogP contribution in [-0.2, 0) is 28.4 Å². The molecule has 3 aliphatic heterocycles. The van der Waals surface area contributed by atoms with E-state index in [2.05, 4.69) is 6.58 Å². The molecule has 0 bridgehead atoms. The molecule has 3 fully saturated rings. The highest BCUT2D eigenvalue weighted by Crippen LogP contribution is 2.41. The normalized spacial score (nSPS) is 43.9. The standard InChI is InChI=1S/C15H24O6/c1-6-7-16-11-10(9-8-17-14(2,3)19-9)18-13-12(11)20-15(4,5)21-13/h6,9-13H,1,7-8H2,2-5H3/t9?,10-,11+,12-,13-/m0/s1. The van der Waals surface area contributed by atoms with Crippen molar-refractivity contribution in [3.8, 4) is 0 Å². The van der Waals surface area contributed by atoms with E-state index in [4.69, 9.17) is 28.4 Å². The number of hydrogen-bond acceptors (Lipinski definition) is 6. The van der Waals surface area contributed by atoms with Gasteiger partial charge >= 0.3 is 0 Å². The quantitative estimate of drug-likeness (QED) is 0.735. The van der Waals surface area contributed by atoms with Crippen molar-refractivity contribution in [1.29, 1.82) is 0 Å². The van der Waals surface area contributed by atoms with Crippen LogP contribution in [0.25, 0.3) is 0 Å². The molecular formula is C15H24O6. The molecule has 120 valence electrons. The fourth-order valence-electron chi connectivity index (χ4n) is 3.05. The molecule has 0 spiro atoms. The fraction of sp³-hybridized carbons (Fsp3) is 0.867. The Balaban J connectivity index is 1.73. The predicted molar refractivity (Wildman–Crippen MR) is 73.5 cm³/mol. The molecule has 3 saturated heterocycles. The largest absolute Gasteiger partial charge is 0.368 e. The first kappa shape index (κ1) is 15.4. The monoisotopic (exact) mass is 300 g/mol. The van der Waals surface area contributed by atoms with Crippen LogP contribution in [0.1, 0.15) is 27.7 Å². The molecule has 0 N–H and O–H groups in total. The zero-order valence-corrected chi connectivity index (χ0v) is 13.0. The molecule has 3 aliphatic rings. The molecule has 6 nitrogen and oxygen atoms in total. The summed E-state index contributed by atoms with van der Waals surface area (Å²) in [5, 5.41) is 0. The zero-order valence-electron chi connectivity index (χ0n) is 13.0. The second-order valence-corrected chi connectivity index (χ2v) is 6.52. The van der Waals surface area contributed by atoms with Crippen molar-refractivity contribution >= 4 is 0 Å². The van der Waals surface area contributed by atoms with Gasteiger partial charge in [-0.3, -0.25) is 0 Å². The van der Waals surface area contributed by atoms with Crippen LogP contribution in [-0.4, -0.2) is 55.5 Å². The van der Waals surface area contributed by atoms with E-state index in [1.165, 1.54) is 0 Å². The first-order valence-electron chi connectivity index (χ1n) is 7.37. The van der Waals surface area contributed by atoms with E-state index in [9.17, 15) is 0 Å². The van der Waals surface area contributed by atoms with Crippen LogP contribution in [0.2, 0.25) is 0 Å². The Labute approximate surface area is 125 Å². The summed E-state index contributed by atoms with van der Waals surface area (Å²) in [5.74, 6) is -1.27. The third kappa shape index (κ3) is 3.02. The molecule has 0 aromatic heterocycles. The summed E-state index contributed by atoms with van der Waals surface area (Å²) in [7, 11) is 0. The fourth-order valence-corrected chi connectivity index (χ4v) is 3.05. The highest BCUT2D eigenvalue weighted by molar-refractivity contribution is 4.99. The van der Waals surface area contributed by atoms with Gasteiger partial charge in [0.2, 0.25) is 0 Å². The van der Waals surface area contributed by atoms with Gasteiger partial charge in [-0.15, -0.1) is 6.58 Å². The Kier molecular flexibility index (Phi) is 3.88. The number of hydrogen-bond donors (Lipinski definition) is 0. The Morgan fingerprint density at radius 3 is 2.48 bits per heavy atom. The second kappa shape index (κ2) is 5.30. The molecule has 3 heterocycles. The Morgan fingerprint density at radius 1 is 1.10 bits per heavy atom. The highest BCUT2D eigenvalue weighted by Gasteiger charge is 2.58. The van der Waals surface area contributed by atoms with Crippen LogP contribution in [0, 0.1) is 0 Å². The second-order valence-electron chi connectivity index (χ2n) is 6.52. The minimum Gasteiger partial charge on any atom is -0.368 e. The summed E-state index contributed by atoms with van der Waals surface area (Å²) in [6, 6.07) is 0. The summed E-state index contributed by atoms with van der Waals surface area (Å²) in [6.45, 7) is 12.1. The van der Waals surface area contributed by atoms with E-state index in [1.54, 1.807) is 6.08 Å². The first-order chi connectivity index (χ1) is 9.81. The van der Waals surface area contributed by atoms with E-state index < -0.39 is 17.9 Å². The Morgan fingerprint density at radius 2 is 1.86 bits per heavy atom. The maximum Gasteiger partial charge on any atom is 0.190 e. The molecule has 0 amide bonds. The average molecular weight is 300 g/mol. The molecule has 0 saturated carbocycles. The van der Waals surface area contributed by atoms with Crippen molar-refractivity contribution in [1.82, 2.24) is 0 Å². The molecule has 0 aromatic carbocycles. The van der Waals surface area contributed by atoms with E-state index in [-0.39, 0.29) is 24.4 Å². The molecule has 0 radical (unpaired) electrons. The van der Waals surface area contributed by atoms with Gasteiger partial charge in [0.15, 0.2) is 17.9 Å². The maximum atomic E-state index is 6.00. The summed E-state index contributed by atoms with van der Waals surface area (Å²) < 4.78 is 35.1. The zero-order chi connectivity index (χ0) is 15.3. The first-order valence-corrected chi connectivity index (χ1v) is 7.37. The van der Waals surface area contributed by atoms with Gasteiger partial charge < -0.3 is 28.4 Å². The third-order valence-corrected chi connectivity index (χ3v) is 3.83. The molecule has 0 aliphatic carbocycles. The van der Waals surface area contributed by atoms with Crippen LogP contribution < -0.4 is 0 Å². The number of fused-ring (bicyclic) bond motifs is 1. The molecule has 3 rings (SSSR count). The van der Waals surface area contributed by atoms with E-state index in [0.29, 0.717) is 13.2 Å². The lowest BCUT2D eigenvalue weighted by atomic mass is 10.1. The van der Waals surface area contributed by atoms with Gasteiger partial charge in [-0.1, -0.05) is 6.08 Å². The van der Waals surface area contributed by atoms with Crippen LogP contribution in [0.15, 0.2) is 12.7 Å². The van der Waals surface area contributed by atoms with Crippen molar-refractivity contribution in [2.75, 3.05) is 13.2 Å². The van der Waals surface area contributed by atoms with Crippen LogP contribution in [0.4, 0.5) is 0 Å². The lowest BCUT2D eigenvalue weighted by molar-refractivity contribution is -0.235. The van der Waals surface area contributed by atoms with E-state index in [0.717, 1.165) is 0 Å². The van der Waals surface area contributed by atoms with Crippen molar-refractivity contribution in [2.24, 2.45) is 0 Å². The number of rotatable bonds is 4. The van der Waals surface area contributed by atoms with Crippen molar-refractivity contribution in [3.05, 3.63) is 12.7 Å². The summed E-state index contributed by atoms with van der Waals surface area (Å²) in [5.41, 5.74) is 0. The van der Waals surface area contributed by atoms with E-state index >= 15 is 0 Å². The summed E-state index contributed by atoms with van der Waals surface area (Å²) >= 11 is 0. The third-order valence-electron chi connectivity index (χ3n) is 3.83. The molecule has 0 aromatic rings. The number of ether oxygens (including phenoxy) is 6. The summed E-state index contributed by atoms with van der Waals surface area (Å²) in [4.78, 5) is 0. The van der Waals surface area contributed by atoms with Crippen molar-refractivity contribution < 1.29 is 28.4 Å². The molecule has 5 atom stereocenters. The molecule has 1 unspecified atom stereocenters. The molecule has 21 heavy (non-hydrogen) atoms. The molecule has 6 heteroatoms. The Bertz CT molecular complexity index is 407. The highest BCUT2D eigenvalue weighted by atomic mass is 16.8. The van der Waals surface area contributed by atoms with Crippen LogP contribution in [0.5, 0.6) is 0 Å².